The second-order valence-corrected chi connectivity index (χ2v) is 9.59. The normalized spacial score (nSPS) is 12.1. The number of fused-ring (bicyclic) bond motifs is 1. The number of hydrogen-bond acceptors (Lipinski definition) is 6. The smallest absolute Gasteiger partial charge is 0.269 e. The molecule has 3 N–H and O–H groups in total. The Hall–Kier alpha value is -4.05. The van der Waals surface area contributed by atoms with Crippen molar-refractivity contribution in [2.75, 3.05) is 11.5 Å². The summed E-state index contributed by atoms with van der Waals surface area (Å²) >= 11 is 0. The minimum absolute atomic E-state index is 0.0637. The zero-order chi connectivity index (χ0) is 24.8. The van der Waals surface area contributed by atoms with Crippen LogP contribution in [0.5, 0.6) is 11.5 Å². The number of rotatable bonds is 8. The SMILES string of the molecule is CCCCc1ccc(NS(=O)(=O)c2cccc(C(=O)NNC(=O)c3ccc4c(c3)OCO4)c2)cc1. The Morgan fingerprint density at radius 3 is 2.26 bits per heavy atom. The maximum atomic E-state index is 12.8. The quantitative estimate of drug-likeness (QED) is 0.410. The predicted molar refractivity (Wildman–Crippen MR) is 130 cm³/mol. The summed E-state index contributed by atoms with van der Waals surface area (Å²) in [7, 11) is -3.92. The molecule has 1 aliphatic rings. The number of amides is 2. The van der Waals surface area contributed by atoms with Gasteiger partial charge >= 0.3 is 0 Å². The molecule has 0 spiro atoms. The summed E-state index contributed by atoms with van der Waals surface area (Å²) < 4.78 is 38.7. The van der Waals surface area contributed by atoms with Crippen molar-refractivity contribution in [1.82, 2.24) is 10.9 Å². The van der Waals surface area contributed by atoms with Gasteiger partial charge in [-0.3, -0.25) is 25.2 Å². The fourth-order valence-electron chi connectivity index (χ4n) is 3.43. The second kappa shape index (κ2) is 10.5. The van der Waals surface area contributed by atoms with E-state index < -0.39 is 21.8 Å². The van der Waals surface area contributed by atoms with Gasteiger partial charge in [-0.05, 0) is 66.9 Å². The molecule has 2 amide bonds. The molecule has 0 fully saturated rings. The molecule has 0 radical (unpaired) electrons. The van der Waals surface area contributed by atoms with Gasteiger partial charge in [0.1, 0.15) is 0 Å². The molecule has 0 aromatic heterocycles. The van der Waals surface area contributed by atoms with Crippen molar-refractivity contribution in [1.29, 1.82) is 0 Å². The first-order valence-corrected chi connectivity index (χ1v) is 12.6. The third-order valence-corrected chi connectivity index (χ3v) is 6.73. The first-order valence-electron chi connectivity index (χ1n) is 11.1. The van der Waals surface area contributed by atoms with Gasteiger partial charge in [-0.1, -0.05) is 31.5 Å². The molecule has 0 saturated heterocycles. The van der Waals surface area contributed by atoms with E-state index in [1.54, 1.807) is 18.2 Å². The van der Waals surface area contributed by atoms with Crippen LogP contribution in [0.2, 0.25) is 0 Å². The van der Waals surface area contributed by atoms with Crippen LogP contribution in [-0.4, -0.2) is 27.0 Å². The Bertz CT molecular complexity index is 1340. The summed E-state index contributed by atoms with van der Waals surface area (Å²) in [5.74, 6) is -0.268. The second-order valence-electron chi connectivity index (χ2n) is 7.91. The van der Waals surface area contributed by atoms with Gasteiger partial charge in [0.05, 0.1) is 4.90 Å². The molecular formula is C25H25N3O6S. The van der Waals surface area contributed by atoms with Crippen LogP contribution in [-0.2, 0) is 16.4 Å². The van der Waals surface area contributed by atoms with Gasteiger partial charge in [0.2, 0.25) is 6.79 Å². The molecule has 182 valence electrons. The van der Waals surface area contributed by atoms with Crippen LogP contribution in [0, 0.1) is 0 Å². The molecule has 35 heavy (non-hydrogen) atoms. The van der Waals surface area contributed by atoms with Crippen LogP contribution in [0.25, 0.3) is 0 Å². The molecule has 0 unspecified atom stereocenters. The van der Waals surface area contributed by atoms with Gasteiger partial charge in [-0.25, -0.2) is 8.42 Å². The van der Waals surface area contributed by atoms with Crippen molar-refractivity contribution in [2.24, 2.45) is 0 Å². The van der Waals surface area contributed by atoms with Crippen molar-refractivity contribution in [3.05, 3.63) is 83.4 Å². The van der Waals surface area contributed by atoms with Gasteiger partial charge in [0.25, 0.3) is 21.8 Å². The van der Waals surface area contributed by atoms with Crippen LogP contribution in [0.1, 0.15) is 46.0 Å². The van der Waals surface area contributed by atoms with E-state index in [0.717, 1.165) is 24.8 Å². The van der Waals surface area contributed by atoms with E-state index in [1.807, 2.05) is 12.1 Å². The summed E-state index contributed by atoms with van der Waals surface area (Å²) in [6.07, 6.45) is 3.09. The van der Waals surface area contributed by atoms with Crippen molar-refractivity contribution in [2.45, 2.75) is 31.1 Å². The molecule has 1 heterocycles. The zero-order valence-electron chi connectivity index (χ0n) is 19.0. The highest BCUT2D eigenvalue weighted by Crippen LogP contribution is 2.32. The molecule has 9 nitrogen and oxygen atoms in total. The van der Waals surface area contributed by atoms with Crippen LogP contribution < -0.4 is 25.0 Å². The van der Waals surface area contributed by atoms with Gasteiger partial charge in [-0.2, -0.15) is 0 Å². The van der Waals surface area contributed by atoms with E-state index >= 15 is 0 Å². The average molecular weight is 496 g/mol. The Morgan fingerprint density at radius 1 is 0.857 bits per heavy atom. The van der Waals surface area contributed by atoms with E-state index in [-0.39, 0.29) is 22.8 Å². The summed E-state index contributed by atoms with van der Waals surface area (Å²) in [5, 5.41) is 0. The molecule has 0 bridgehead atoms. The number of unbranched alkanes of at least 4 members (excludes halogenated alkanes) is 1. The number of aryl methyl sites for hydroxylation is 1. The number of ether oxygens (including phenoxy) is 2. The van der Waals surface area contributed by atoms with Gasteiger partial charge in [-0.15, -0.1) is 0 Å². The number of carbonyl (C=O) groups is 2. The maximum absolute atomic E-state index is 12.8. The summed E-state index contributed by atoms with van der Waals surface area (Å²) in [4.78, 5) is 24.8. The lowest BCUT2D eigenvalue weighted by Crippen LogP contribution is -2.41. The fourth-order valence-corrected chi connectivity index (χ4v) is 4.54. The third kappa shape index (κ3) is 5.90. The summed E-state index contributed by atoms with van der Waals surface area (Å²) in [6.45, 7) is 2.19. The molecule has 10 heteroatoms. The van der Waals surface area contributed by atoms with Gasteiger partial charge in [0, 0.05) is 16.8 Å². The molecule has 0 aliphatic carbocycles. The number of carbonyl (C=O) groups excluding carboxylic acids is 2. The zero-order valence-corrected chi connectivity index (χ0v) is 19.9. The standard InChI is InChI=1S/C25H25N3O6S/c1-2-3-5-17-8-11-20(12-9-17)28-35(31,32)21-7-4-6-18(14-21)24(29)26-27-25(30)19-10-13-22-23(15-19)34-16-33-22/h4,6-15,28H,2-3,5,16H2,1H3,(H,26,29)(H,27,30). The van der Waals surface area contributed by atoms with Crippen molar-refractivity contribution >= 4 is 27.5 Å². The summed E-state index contributed by atoms with van der Waals surface area (Å²) in [6, 6.07) is 17.4. The minimum Gasteiger partial charge on any atom is -0.454 e. The van der Waals surface area contributed by atoms with E-state index in [1.165, 1.54) is 36.4 Å². The van der Waals surface area contributed by atoms with Crippen LogP contribution in [0.3, 0.4) is 0 Å². The largest absolute Gasteiger partial charge is 0.454 e. The van der Waals surface area contributed by atoms with Crippen molar-refractivity contribution in [3.8, 4) is 11.5 Å². The molecule has 3 aromatic rings. The number of anilines is 1. The number of sulfonamides is 1. The number of benzene rings is 3. The highest BCUT2D eigenvalue weighted by molar-refractivity contribution is 7.92. The first kappa shape index (κ1) is 24.1. The summed E-state index contributed by atoms with van der Waals surface area (Å²) in [5.41, 5.74) is 6.48. The minimum atomic E-state index is -3.92. The molecule has 0 atom stereocenters. The lowest BCUT2D eigenvalue weighted by atomic mass is 10.1. The highest BCUT2D eigenvalue weighted by atomic mass is 32.2. The number of hydrazine groups is 1. The molecular weight excluding hydrogens is 470 g/mol. The topological polar surface area (TPSA) is 123 Å². The highest BCUT2D eigenvalue weighted by Gasteiger charge is 2.19. The molecule has 3 aromatic carbocycles. The lowest BCUT2D eigenvalue weighted by molar-refractivity contribution is 0.0846. The van der Waals surface area contributed by atoms with Crippen LogP contribution in [0.4, 0.5) is 5.69 Å². The monoisotopic (exact) mass is 495 g/mol. The fraction of sp³-hybridized carbons (Fsp3) is 0.200. The molecule has 4 rings (SSSR count). The Kier molecular flexibility index (Phi) is 7.21. The number of hydrogen-bond donors (Lipinski definition) is 3. The van der Waals surface area contributed by atoms with Crippen LogP contribution >= 0.6 is 0 Å². The van der Waals surface area contributed by atoms with Gasteiger partial charge < -0.3 is 9.47 Å². The van der Waals surface area contributed by atoms with E-state index in [2.05, 4.69) is 22.5 Å². The third-order valence-electron chi connectivity index (χ3n) is 5.36. The Balaban J connectivity index is 1.39. The first-order chi connectivity index (χ1) is 16.9. The predicted octanol–water partition coefficient (Wildman–Crippen LogP) is 3.63. The number of nitrogens with one attached hydrogen (secondary N) is 3. The van der Waals surface area contributed by atoms with E-state index in [0.29, 0.717) is 17.2 Å². The lowest BCUT2D eigenvalue weighted by Gasteiger charge is -2.11. The Morgan fingerprint density at radius 2 is 1.54 bits per heavy atom. The van der Waals surface area contributed by atoms with Crippen molar-refractivity contribution in [3.63, 3.8) is 0 Å². The Labute approximate surface area is 203 Å². The van der Waals surface area contributed by atoms with Crippen LogP contribution in [0.15, 0.2) is 71.6 Å². The molecule has 1 aliphatic heterocycles. The maximum Gasteiger partial charge on any atom is 0.269 e. The van der Waals surface area contributed by atoms with Gasteiger partial charge in [0.15, 0.2) is 11.5 Å². The van der Waals surface area contributed by atoms with E-state index in [4.69, 9.17) is 9.47 Å². The average Bonchev–Trinajstić information content (AvgIpc) is 3.34. The molecule has 0 saturated carbocycles. The van der Waals surface area contributed by atoms with E-state index in [9.17, 15) is 18.0 Å². The van der Waals surface area contributed by atoms with Crippen molar-refractivity contribution < 1.29 is 27.5 Å².